The average Bonchev–Trinajstić information content (AvgIpc) is 4.12. The van der Waals surface area contributed by atoms with E-state index in [0.717, 1.165) is 11.6 Å². The van der Waals surface area contributed by atoms with Gasteiger partial charge in [0.05, 0.1) is 30.1 Å². The molecule has 1 saturated heterocycles. The van der Waals surface area contributed by atoms with Crippen LogP contribution < -0.4 is 24.8 Å². The molecule has 3 aliphatic rings. The number of esters is 1. The van der Waals surface area contributed by atoms with E-state index in [1.165, 1.54) is 25.0 Å². The van der Waals surface area contributed by atoms with Crippen LogP contribution in [0.15, 0.2) is 79.9 Å². The molecule has 0 radical (unpaired) electrons. The van der Waals surface area contributed by atoms with Gasteiger partial charge in [0.25, 0.3) is 5.91 Å². The zero-order valence-electron chi connectivity index (χ0n) is 33.6. The van der Waals surface area contributed by atoms with Gasteiger partial charge in [-0.25, -0.2) is 23.0 Å². The van der Waals surface area contributed by atoms with Crippen LogP contribution in [0.2, 0.25) is 0 Å². The normalized spacial score (nSPS) is 22.3. The first-order valence-corrected chi connectivity index (χ1v) is 20.8. The first kappa shape index (κ1) is 42.6. The van der Waals surface area contributed by atoms with Crippen LogP contribution in [0.3, 0.4) is 0 Å². The molecule has 0 spiro atoms. The molecule has 314 valence electrons. The predicted molar refractivity (Wildman–Crippen MR) is 216 cm³/mol. The van der Waals surface area contributed by atoms with Gasteiger partial charge < -0.3 is 34.5 Å². The highest BCUT2D eigenvalue weighted by atomic mass is 32.2. The van der Waals surface area contributed by atoms with Gasteiger partial charge in [-0.15, -0.1) is 6.58 Å². The molecule has 3 N–H and O–H groups in total. The lowest BCUT2D eigenvalue weighted by atomic mass is 10.1. The number of hydrogen-bond donors (Lipinski definition) is 3. The van der Waals surface area contributed by atoms with Crippen LogP contribution in [-0.2, 0) is 38.7 Å². The number of nitrogens with one attached hydrogen (secondary N) is 3. The summed E-state index contributed by atoms with van der Waals surface area (Å²) in [5.74, 6) is -3.04. The molecule has 3 aromatic rings. The van der Waals surface area contributed by atoms with Crippen molar-refractivity contribution >= 4 is 50.7 Å². The number of sulfonamides is 1. The Morgan fingerprint density at radius 2 is 1.75 bits per heavy atom. The molecule has 4 amide bonds. The number of carbonyl (C=O) groups is 5. The largest absolute Gasteiger partial charge is 0.497 e. The van der Waals surface area contributed by atoms with E-state index in [9.17, 15) is 32.4 Å². The summed E-state index contributed by atoms with van der Waals surface area (Å²) >= 11 is 0. The number of rotatable bonds is 15. The second-order valence-corrected chi connectivity index (χ2v) is 17.9. The Morgan fingerprint density at radius 3 is 2.36 bits per heavy atom. The Morgan fingerprint density at radius 1 is 1.03 bits per heavy atom. The maximum absolute atomic E-state index is 14.7. The topological polar surface area (TPSA) is 209 Å². The van der Waals surface area contributed by atoms with Gasteiger partial charge in [-0.05, 0) is 59.1 Å². The summed E-state index contributed by atoms with van der Waals surface area (Å²) < 4.78 is 50.6. The van der Waals surface area contributed by atoms with Crippen molar-refractivity contribution in [1.82, 2.24) is 25.2 Å². The van der Waals surface area contributed by atoms with Crippen LogP contribution in [0.4, 0.5) is 4.79 Å². The summed E-state index contributed by atoms with van der Waals surface area (Å²) in [5, 5.41) is 5.17. The highest BCUT2D eigenvalue weighted by molar-refractivity contribution is 7.91. The highest BCUT2D eigenvalue weighted by Crippen LogP contribution is 2.45. The smallest absolute Gasteiger partial charge is 0.408 e. The minimum Gasteiger partial charge on any atom is -0.497 e. The fraction of sp³-hybridized carbons (Fsp3) is 0.429. The van der Waals surface area contributed by atoms with Crippen molar-refractivity contribution < 1.29 is 51.3 Å². The molecule has 3 fully saturated rings. The quantitative estimate of drug-likeness (QED) is 0.113. The molecule has 0 bridgehead atoms. The number of alkyl carbamates (subject to hydrolysis) is 1. The van der Waals surface area contributed by atoms with Crippen molar-refractivity contribution in [3.63, 3.8) is 0 Å². The van der Waals surface area contributed by atoms with Gasteiger partial charge in [0.1, 0.15) is 46.9 Å². The molecule has 16 nitrogen and oxygen atoms in total. The van der Waals surface area contributed by atoms with Gasteiger partial charge in [-0.2, -0.15) is 0 Å². The minimum atomic E-state index is -3.97. The van der Waals surface area contributed by atoms with Crippen LogP contribution in [0, 0.1) is 5.92 Å². The predicted octanol–water partition coefficient (Wildman–Crippen LogP) is 3.94. The second-order valence-electron chi connectivity index (χ2n) is 15.9. The van der Waals surface area contributed by atoms with Crippen molar-refractivity contribution in [2.24, 2.45) is 5.92 Å². The van der Waals surface area contributed by atoms with Crippen LogP contribution in [0.25, 0.3) is 22.2 Å². The Bertz CT molecular complexity index is 2270. The van der Waals surface area contributed by atoms with E-state index in [4.69, 9.17) is 23.9 Å². The fourth-order valence-electron chi connectivity index (χ4n) is 7.02. The highest BCUT2D eigenvalue weighted by Gasteiger charge is 2.62. The summed E-state index contributed by atoms with van der Waals surface area (Å²) in [7, 11) is -2.43. The maximum atomic E-state index is 14.7. The molecular weight excluding hydrogens is 783 g/mol. The minimum absolute atomic E-state index is 0.0704. The Hall–Kier alpha value is -5.97. The molecule has 2 aromatic carbocycles. The van der Waals surface area contributed by atoms with Gasteiger partial charge in [0.15, 0.2) is 0 Å². The third kappa shape index (κ3) is 9.67. The molecule has 2 saturated carbocycles. The Kier molecular flexibility index (Phi) is 12.1. The molecule has 1 aliphatic heterocycles. The zero-order valence-corrected chi connectivity index (χ0v) is 34.4. The van der Waals surface area contributed by atoms with Crippen molar-refractivity contribution in [3.05, 3.63) is 79.9 Å². The molecule has 59 heavy (non-hydrogen) atoms. The molecule has 17 heteroatoms. The van der Waals surface area contributed by atoms with Crippen molar-refractivity contribution in [2.75, 3.05) is 13.7 Å². The molecule has 1 aromatic heterocycles. The number of amides is 4. The summed E-state index contributed by atoms with van der Waals surface area (Å²) in [4.78, 5) is 74.3. The first-order valence-electron chi connectivity index (χ1n) is 19.2. The summed E-state index contributed by atoms with van der Waals surface area (Å²) in [6.07, 6.45) is 0.0341. The lowest BCUT2D eigenvalue weighted by Gasteiger charge is -2.32. The number of methoxy groups -OCH3 is 1. The molecule has 1 unspecified atom stereocenters. The van der Waals surface area contributed by atoms with E-state index in [0.29, 0.717) is 40.9 Å². The number of hydrogen-bond acceptors (Lipinski definition) is 12. The molecular formula is C42H49N5O11S. The van der Waals surface area contributed by atoms with Crippen LogP contribution in [0.5, 0.6) is 11.5 Å². The van der Waals surface area contributed by atoms with Crippen LogP contribution >= 0.6 is 0 Å². The molecule has 2 heterocycles. The number of fused-ring (bicyclic) bond motifs is 1. The first-order chi connectivity index (χ1) is 27.9. The van der Waals surface area contributed by atoms with Gasteiger partial charge >= 0.3 is 12.1 Å². The maximum Gasteiger partial charge on any atom is 0.408 e. The lowest BCUT2D eigenvalue weighted by molar-refractivity contribution is -0.150. The summed E-state index contributed by atoms with van der Waals surface area (Å²) in [5.41, 5.74) is -0.675. The average molecular weight is 832 g/mol. The summed E-state index contributed by atoms with van der Waals surface area (Å²) in [6.45, 7) is 13.3. The van der Waals surface area contributed by atoms with Crippen molar-refractivity contribution in [1.29, 1.82) is 0 Å². The zero-order chi connectivity index (χ0) is 42.9. The Balaban J connectivity index is 1.36. The van der Waals surface area contributed by atoms with Crippen molar-refractivity contribution in [3.8, 4) is 22.8 Å². The van der Waals surface area contributed by atoms with E-state index >= 15 is 0 Å². The van der Waals surface area contributed by atoms with Crippen LogP contribution in [0.1, 0.15) is 53.4 Å². The molecule has 6 rings (SSSR count). The van der Waals surface area contributed by atoms with Crippen molar-refractivity contribution in [2.45, 2.75) is 94.1 Å². The van der Waals surface area contributed by atoms with Gasteiger partial charge in [0.2, 0.25) is 21.8 Å². The number of pyridine rings is 1. The van der Waals surface area contributed by atoms with E-state index in [2.05, 4.69) is 28.5 Å². The van der Waals surface area contributed by atoms with E-state index < -0.39 is 86.4 Å². The number of nitrogens with zero attached hydrogens (tertiary/aromatic N) is 2. The third-order valence-corrected chi connectivity index (χ3v) is 12.1. The Labute approximate surface area is 342 Å². The van der Waals surface area contributed by atoms with E-state index in [1.807, 2.05) is 30.3 Å². The van der Waals surface area contributed by atoms with Crippen LogP contribution in [-0.4, -0.2) is 102 Å². The SMILES string of the molecule is C=CC(=O)O[C@H](C)[C@H](NC(=O)OC(C)(C)C)C(=O)N1CC(Oc2cc(-c3ccccc3)nc3cc(OC)ccc23)C[C@H]1C(=O)N[C@]1(C(=O)NS(=O)(=O)C2CC2)C[C@H]1C=C. The third-order valence-electron chi connectivity index (χ3n) is 10.3. The summed E-state index contributed by atoms with van der Waals surface area (Å²) in [6, 6.07) is 13.6. The number of likely N-dealkylation sites (tertiary alicyclic amines) is 1. The molecule has 6 atom stereocenters. The van der Waals surface area contributed by atoms with Gasteiger partial charge in [-0.1, -0.05) is 43.0 Å². The standard InChI is InChI=1S/C42H49N5O11S/c1-8-26-22-42(26,39(51)46-59(53,54)29-16-17-29)45-37(49)33-20-28(23-47(33)38(50)36(24(3)56-35(48)9-2)44-40(52)58-41(4,5)6)57-34-21-31(25-13-11-10-12-14-25)43-32-19-27(55-7)15-18-30(32)34/h8-15,18-19,21,24,26,28-29,33,36H,1-2,16-17,20,22-23H2,3-7H3,(H,44,52)(H,45,49)(H,46,51)/t24-,26-,28?,33+,36+,42-/m1/s1. The van der Waals surface area contributed by atoms with E-state index in [1.54, 1.807) is 45.0 Å². The monoisotopic (exact) mass is 831 g/mol. The van der Waals surface area contributed by atoms with Gasteiger partial charge in [0, 0.05) is 41.5 Å². The van der Waals surface area contributed by atoms with E-state index in [-0.39, 0.29) is 19.4 Å². The number of benzene rings is 2. The second kappa shape index (κ2) is 16.7. The number of carbonyl (C=O) groups excluding carboxylic acids is 5. The number of aromatic nitrogens is 1. The number of ether oxygens (including phenoxy) is 4. The molecule has 2 aliphatic carbocycles. The van der Waals surface area contributed by atoms with Gasteiger partial charge in [-0.3, -0.25) is 19.1 Å². The fourth-order valence-corrected chi connectivity index (χ4v) is 8.39. The lowest BCUT2D eigenvalue weighted by Crippen LogP contribution is -2.60.